The molecule has 1 N–H and O–H groups in total. The molecule has 1 aromatic rings. The maximum absolute atomic E-state index is 12.3. The van der Waals surface area contributed by atoms with Gasteiger partial charge in [0.25, 0.3) is 0 Å². The largest absolute Gasteiger partial charge is 0.418 e. The first-order chi connectivity index (χ1) is 8.18. The molecule has 0 saturated heterocycles. The Hall–Kier alpha value is -1.08. The number of rotatable bonds is 4. The van der Waals surface area contributed by atoms with Gasteiger partial charge in [-0.3, -0.25) is 0 Å². The summed E-state index contributed by atoms with van der Waals surface area (Å²) in [4.78, 5) is -0.204. The van der Waals surface area contributed by atoms with E-state index < -0.39 is 27.7 Å². The second-order valence-corrected chi connectivity index (χ2v) is 5.94. The highest BCUT2D eigenvalue weighted by Crippen LogP contribution is 2.33. The first-order valence-corrected chi connectivity index (χ1v) is 6.91. The summed E-state index contributed by atoms with van der Waals surface area (Å²) in [6.07, 6.45) is -7.11. The Balaban J connectivity index is 3.15. The van der Waals surface area contributed by atoms with E-state index in [1.807, 2.05) is 0 Å². The minimum absolute atomic E-state index is 0.140. The number of sulfone groups is 1. The lowest BCUT2D eigenvalue weighted by Gasteiger charge is -2.15. The van der Waals surface area contributed by atoms with Gasteiger partial charge in [0.1, 0.15) is 0 Å². The van der Waals surface area contributed by atoms with Gasteiger partial charge in [0.15, 0.2) is 15.9 Å². The first kappa shape index (κ1) is 15.0. The van der Waals surface area contributed by atoms with Gasteiger partial charge < -0.3 is 5.11 Å². The van der Waals surface area contributed by atoms with Gasteiger partial charge in [0.05, 0.1) is 10.6 Å². The minimum Gasteiger partial charge on any atom is -0.379 e. The number of hydrogen-bond donors (Lipinski definition) is 1. The number of aliphatic hydroxyl groups excluding tert-OH is 1. The first-order valence-electron chi connectivity index (χ1n) is 5.26. The predicted octanol–water partition coefficient (Wildman–Crippen LogP) is 2.47. The predicted molar refractivity (Wildman–Crippen MR) is 59.8 cm³/mol. The minimum atomic E-state index is -4.81. The quantitative estimate of drug-likeness (QED) is 0.923. The Morgan fingerprint density at radius 2 is 1.94 bits per heavy atom. The van der Waals surface area contributed by atoms with E-state index in [1.165, 1.54) is 12.1 Å². The van der Waals surface area contributed by atoms with Crippen molar-refractivity contribution >= 4 is 9.84 Å². The molecule has 0 heterocycles. The van der Waals surface area contributed by atoms with E-state index >= 15 is 0 Å². The Bertz CT molecular complexity index is 509. The summed E-state index contributed by atoms with van der Waals surface area (Å²) < 4.78 is 60.3. The molecule has 0 aliphatic carbocycles. The molecule has 1 unspecified atom stereocenters. The molecule has 0 radical (unpaired) electrons. The van der Waals surface area contributed by atoms with Gasteiger partial charge in [0, 0.05) is 0 Å². The van der Waals surface area contributed by atoms with Gasteiger partial charge >= 0.3 is 6.18 Å². The van der Waals surface area contributed by atoms with Crippen molar-refractivity contribution in [1.29, 1.82) is 0 Å². The zero-order valence-electron chi connectivity index (χ0n) is 9.61. The van der Waals surface area contributed by atoms with Crippen molar-refractivity contribution in [3.8, 4) is 0 Å². The van der Waals surface area contributed by atoms with Crippen molar-refractivity contribution in [2.24, 2.45) is 0 Å². The zero-order valence-corrected chi connectivity index (χ0v) is 10.4. The highest BCUT2D eigenvalue weighted by atomic mass is 32.2. The number of benzene rings is 1. The van der Waals surface area contributed by atoms with E-state index in [0.717, 1.165) is 12.1 Å². The lowest BCUT2D eigenvalue weighted by molar-refractivity contribution is -0.206. The highest BCUT2D eigenvalue weighted by Gasteiger charge is 2.39. The summed E-state index contributed by atoms with van der Waals surface area (Å²) >= 11 is 0. The van der Waals surface area contributed by atoms with Crippen LogP contribution in [0.5, 0.6) is 0 Å². The van der Waals surface area contributed by atoms with Crippen LogP contribution in [0.15, 0.2) is 29.2 Å². The fourth-order valence-electron chi connectivity index (χ4n) is 1.45. The average Bonchev–Trinajstić information content (AvgIpc) is 2.27. The summed E-state index contributed by atoms with van der Waals surface area (Å²) in [7, 11) is -3.59. The number of alkyl halides is 3. The molecule has 1 aromatic carbocycles. The van der Waals surface area contributed by atoms with Crippen LogP contribution in [0.3, 0.4) is 0 Å². The number of aliphatic hydroxyl groups is 1. The van der Waals surface area contributed by atoms with Gasteiger partial charge in [-0.25, -0.2) is 8.42 Å². The normalized spacial score (nSPS) is 14.5. The molecule has 1 rings (SSSR count). The van der Waals surface area contributed by atoms with Crippen LogP contribution in [0.2, 0.25) is 0 Å². The summed E-state index contributed by atoms with van der Waals surface area (Å²) in [5, 5.41) is 9.06. The molecule has 0 aliphatic heterocycles. The highest BCUT2D eigenvalue weighted by molar-refractivity contribution is 7.91. The van der Waals surface area contributed by atoms with Gasteiger partial charge in [-0.2, -0.15) is 13.2 Å². The van der Waals surface area contributed by atoms with Crippen molar-refractivity contribution in [2.45, 2.75) is 30.5 Å². The van der Waals surface area contributed by atoms with Crippen molar-refractivity contribution in [3.63, 3.8) is 0 Å². The van der Waals surface area contributed by atoms with Crippen LogP contribution in [0, 0.1) is 0 Å². The van der Waals surface area contributed by atoms with Crippen LogP contribution in [0.25, 0.3) is 0 Å². The summed E-state index contributed by atoms with van der Waals surface area (Å²) in [6.45, 7) is 1.66. The summed E-state index contributed by atoms with van der Waals surface area (Å²) in [6, 6.07) is 4.32. The van der Waals surface area contributed by atoms with E-state index in [1.54, 1.807) is 6.92 Å². The van der Waals surface area contributed by atoms with Crippen molar-refractivity contribution in [2.75, 3.05) is 5.75 Å². The second kappa shape index (κ2) is 5.27. The van der Waals surface area contributed by atoms with Crippen LogP contribution < -0.4 is 0 Å². The van der Waals surface area contributed by atoms with Crippen LogP contribution >= 0.6 is 0 Å². The zero-order chi connectivity index (χ0) is 14.0. The Kier molecular flexibility index (Phi) is 4.39. The fourth-order valence-corrected chi connectivity index (χ4v) is 2.83. The molecule has 102 valence electrons. The third-order valence-electron chi connectivity index (χ3n) is 2.32. The molecule has 18 heavy (non-hydrogen) atoms. The maximum Gasteiger partial charge on any atom is 0.418 e. The lowest BCUT2D eigenvalue weighted by atomic mass is 10.1. The molecule has 1 atom stereocenters. The molecule has 0 amide bonds. The van der Waals surface area contributed by atoms with Crippen molar-refractivity contribution < 1.29 is 26.7 Å². The molecular weight excluding hydrogens is 269 g/mol. The van der Waals surface area contributed by atoms with Crippen molar-refractivity contribution in [3.05, 3.63) is 29.8 Å². The van der Waals surface area contributed by atoms with Gasteiger partial charge in [0.2, 0.25) is 0 Å². The lowest BCUT2D eigenvalue weighted by Crippen LogP contribution is -2.20. The number of halogens is 3. The second-order valence-electron chi connectivity index (χ2n) is 3.84. The van der Waals surface area contributed by atoms with Crippen LogP contribution in [-0.2, 0) is 9.84 Å². The van der Waals surface area contributed by atoms with Gasteiger partial charge in [-0.1, -0.05) is 19.1 Å². The van der Waals surface area contributed by atoms with Crippen molar-refractivity contribution in [1.82, 2.24) is 0 Å². The average molecular weight is 282 g/mol. The molecule has 3 nitrogen and oxygen atoms in total. The molecule has 0 spiro atoms. The van der Waals surface area contributed by atoms with Gasteiger partial charge in [-0.15, -0.1) is 0 Å². The molecule has 0 aromatic heterocycles. The standard InChI is InChI=1S/C11H13F3O3S/c1-2-6-18(16,17)9-5-3-4-8(7-9)10(15)11(12,13)14/h3-5,7,10,15H,2,6H2,1H3. The molecule has 0 saturated carbocycles. The maximum atomic E-state index is 12.3. The van der Waals surface area contributed by atoms with E-state index in [0.29, 0.717) is 6.42 Å². The van der Waals surface area contributed by atoms with Gasteiger partial charge in [-0.05, 0) is 24.1 Å². The smallest absolute Gasteiger partial charge is 0.379 e. The molecule has 0 aliphatic rings. The van der Waals surface area contributed by atoms with Crippen LogP contribution in [0.4, 0.5) is 13.2 Å². The Labute approximate surface area is 103 Å². The Morgan fingerprint density at radius 3 is 2.44 bits per heavy atom. The van der Waals surface area contributed by atoms with Crippen LogP contribution in [-0.4, -0.2) is 25.5 Å². The topological polar surface area (TPSA) is 54.4 Å². The van der Waals surface area contributed by atoms with E-state index in [2.05, 4.69) is 0 Å². The molecule has 0 bridgehead atoms. The van der Waals surface area contributed by atoms with Crippen LogP contribution in [0.1, 0.15) is 25.0 Å². The molecule has 7 heteroatoms. The van der Waals surface area contributed by atoms with E-state index in [-0.39, 0.29) is 10.6 Å². The monoisotopic (exact) mass is 282 g/mol. The van der Waals surface area contributed by atoms with E-state index in [4.69, 9.17) is 5.11 Å². The fraction of sp³-hybridized carbons (Fsp3) is 0.455. The third kappa shape index (κ3) is 3.46. The summed E-state index contributed by atoms with van der Waals surface area (Å²) in [5.74, 6) is -0.140. The molecule has 0 fully saturated rings. The Morgan fingerprint density at radius 1 is 1.33 bits per heavy atom. The summed E-state index contributed by atoms with van der Waals surface area (Å²) in [5.41, 5.74) is -0.473. The third-order valence-corrected chi connectivity index (χ3v) is 4.23. The SMILES string of the molecule is CCCS(=O)(=O)c1cccc(C(O)C(F)(F)F)c1. The number of hydrogen-bond acceptors (Lipinski definition) is 3. The molecular formula is C11H13F3O3S. The van der Waals surface area contributed by atoms with E-state index in [9.17, 15) is 21.6 Å².